The predicted octanol–water partition coefficient (Wildman–Crippen LogP) is 3.26. The van der Waals surface area contributed by atoms with Crippen molar-refractivity contribution in [3.63, 3.8) is 0 Å². The lowest BCUT2D eigenvalue weighted by Gasteiger charge is -2.19. The maximum Gasteiger partial charge on any atom is 0.00221 e. The molecule has 0 aromatic heterocycles. The molecule has 112 valence electrons. The Bertz CT molecular complexity index is 348. The maximum absolute atomic E-state index is 3.40. The van der Waals surface area contributed by atoms with Crippen molar-refractivity contribution in [2.24, 2.45) is 0 Å². The van der Waals surface area contributed by atoms with E-state index < -0.39 is 0 Å². The number of benzene rings is 1. The van der Waals surface area contributed by atoms with Gasteiger partial charge in [0.2, 0.25) is 0 Å². The van der Waals surface area contributed by atoms with Gasteiger partial charge < -0.3 is 10.2 Å². The van der Waals surface area contributed by atoms with Crippen LogP contribution in [0.2, 0.25) is 0 Å². The summed E-state index contributed by atoms with van der Waals surface area (Å²) >= 11 is 0. The second-order valence-electron chi connectivity index (χ2n) is 5.88. The minimum atomic E-state index is 1.11. The largest absolute Gasteiger partial charge is 0.317 e. The summed E-state index contributed by atoms with van der Waals surface area (Å²) in [7, 11) is 0. The Morgan fingerprint density at radius 2 is 1.60 bits per heavy atom. The van der Waals surface area contributed by atoms with E-state index in [1.165, 1.54) is 64.7 Å². The lowest BCUT2D eigenvalue weighted by atomic mass is 10.0. The van der Waals surface area contributed by atoms with Crippen LogP contribution >= 0.6 is 0 Å². The molecule has 1 N–H and O–H groups in total. The van der Waals surface area contributed by atoms with E-state index in [0.29, 0.717) is 0 Å². The summed E-state index contributed by atoms with van der Waals surface area (Å²) in [6.45, 7) is 8.25. The molecule has 1 heterocycles. The molecule has 0 spiro atoms. The van der Waals surface area contributed by atoms with E-state index in [-0.39, 0.29) is 0 Å². The Balaban J connectivity index is 1.59. The van der Waals surface area contributed by atoms with Gasteiger partial charge in [-0.3, -0.25) is 0 Å². The van der Waals surface area contributed by atoms with E-state index in [1.807, 2.05) is 0 Å². The summed E-state index contributed by atoms with van der Waals surface area (Å²) < 4.78 is 0. The average Bonchev–Trinajstić information content (AvgIpc) is 2.69. The molecule has 0 saturated heterocycles. The van der Waals surface area contributed by atoms with Gasteiger partial charge in [-0.25, -0.2) is 0 Å². The fourth-order valence-electron chi connectivity index (χ4n) is 3.05. The SMILES string of the molecule is CCNCCCCCCN1CCc2ccccc2CC1. The Kier molecular flexibility index (Phi) is 7.10. The molecule has 0 amide bonds. The molecule has 0 radical (unpaired) electrons. The Labute approximate surface area is 124 Å². The van der Waals surface area contributed by atoms with Gasteiger partial charge in [0, 0.05) is 13.1 Å². The number of unbranched alkanes of at least 4 members (excludes halogenated alkanes) is 3. The van der Waals surface area contributed by atoms with Gasteiger partial charge in [-0.05, 0) is 56.4 Å². The second-order valence-corrected chi connectivity index (χ2v) is 5.88. The first-order valence-corrected chi connectivity index (χ1v) is 8.40. The third kappa shape index (κ3) is 5.26. The van der Waals surface area contributed by atoms with E-state index >= 15 is 0 Å². The van der Waals surface area contributed by atoms with Crippen molar-refractivity contribution in [2.45, 2.75) is 45.4 Å². The first-order chi connectivity index (χ1) is 9.90. The van der Waals surface area contributed by atoms with Crippen LogP contribution in [-0.4, -0.2) is 37.6 Å². The topological polar surface area (TPSA) is 15.3 Å². The van der Waals surface area contributed by atoms with Gasteiger partial charge in [0.1, 0.15) is 0 Å². The monoisotopic (exact) mass is 274 g/mol. The standard InChI is InChI=1S/C18H30N2/c1-2-19-13-7-3-4-8-14-20-15-11-17-9-5-6-10-18(17)12-16-20/h5-6,9-10,19H,2-4,7-8,11-16H2,1H3. The van der Waals surface area contributed by atoms with Crippen LogP contribution in [0.3, 0.4) is 0 Å². The average molecular weight is 274 g/mol. The van der Waals surface area contributed by atoms with E-state index in [2.05, 4.69) is 41.4 Å². The summed E-state index contributed by atoms with van der Waals surface area (Å²) in [6.07, 6.45) is 7.92. The summed E-state index contributed by atoms with van der Waals surface area (Å²) in [6, 6.07) is 8.97. The zero-order chi connectivity index (χ0) is 14.0. The smallest absolute Gasteiger partial charge is 0.00221 e. The summed E-state index contributed by atoms with van der Waals surface area (Å²) in [4.78, 5) is 2.66. The van der Waals surface area contributed by atoms with Crippen LogP contribution in [0.1, 0.15) is 43.7 Å². The van der Waals surface area contributed by atoms with E-state index in [9.17, 15) is 0 Å². The predicted molar refractivity (Wildman–Crippen MR) is 87.3 cm³/mol. The van der Waals surface area contributed by atoms with Crippen LogP contribution in [-0.2, 0) is 12.8 Å². The van der Waals surface area contributed by atoms with Crippen molar-refractivity contribution in [3.05, 3.63) is 35.4 Å². The van der Waals surface area contributed by atoms with E-state index in [0.717, 1.165) is 6.54 Å². The number of fused-ring (bicyclic) bond motifs is 1. The van der Waals surface area contributed by atoms with E-state index in [4.69, 9.17) is 0 Å². The second kappa shape index (κ2) is 9.15. The maximum atomic E-state index is 3.40. The molecular weight excluding hydrogens is 244 g/mol. The molecule has 0 atom stereocenters. The van der Waals surface area contributed by atoms with Gasteiger partial charge in [-0.1, -0.05) is 44.0 Å². The number of hydrogen-bond acceptors (Lipinski definition) is 2. The Hall–Kier alpha value is -0.860. The van der Waals surface area contributed by atoms with Crippen molar-refractivity contribution in [1.29, 1.82) is 0 Å². The lowest BCUT2D eigenvalue weighted by Crippen LogP contribution is -2.27. The molecular formula is C18H30N2. The highest BCUT2D eigenvalue weighted by atomic mass is 15.1. The number of nitrogens with zero attached hydrogens (tertiary/aromatic N) is 1. The zero-order valence-electron chi connectivity index (χ0n) is 13.0. The Morgan fingerprint density at radius 3 is 2.25 bits per heavy atom. The minimum absolute atomic E-state index is 1.11. The van der Waals surface area contributed by atoms with Crippen LogP contribution < -0.4 is 5.32 Å². The molecule has 2 nitrogen and oxygen atoms in total. The van der Waals surface area contributed by atoms with E-state index in [1.54, 1.807) is 11.1 Å². The molecule has 20 heavy (non-hydrogen) atoms. The van der Waals surface area contributed by atoms with Crippen molar-refractivity contribution < 1.29 is 0 Å². The van der Waals surface area contributed by atoms with Gasteiger partial charge in [-0.2, -0.15) is 0 Å². The quantitative estimate of drug-likeness (QED) is 0.732. The summed E-state index contributed by atoms with van der Waals surface area (Å²) in [5.74, 6) is 0. The molecule has 0 unspecified atom stereocenters. The summed E-state index contributed by atoms with van der Waals surface area (Å²) in [5.41, 5.74) is 3.14. The van der Waals surface area contributed by atoms with Crippen LogP contribution in [0.15, 0.2) is 24.3 Å². The van der Waals surface area contributed by atoms with Gasteiger partial charge in [-0.15, -0.1) is 0 Å². The molecule has 2 heteroatoms. The van der Waals surface area contributed by atoms with Crippen molar-refractivity contribution in [1.82, 2.24) is 10.2 Å². The normalized spacial score (nSPS) is 15.8. The lowest BCUT2D eigenvalue weighted by molar-refractivity contribution is 0.280. The fourth-order valence-corrected chi connectivity index (χ4v) is 3.05. The minimum Gasteiger partial charge on any atom is -0.317 e. The Morgan fingerprint density at radius 1 is 0.950 bits per heavy atom. The van der Waals surface area contributed by atoms with Gasteiger partial charge in [0.15, 0.2) is 0 Å². The molecule has 1 aromatic carbocycles. The molecule has 2 rings (SSSR count). The first kappa shape index (κ1) is 15.5. The molecule has 1 aromatic rings. The van der Waals surface area contributed by atoms with Crippen molar-refractivity contribution in [2.75, 3.05) is 32.7 Å². The zero-order valence-corrected chi connectivity index (χ0v) is 13.0. The molecule has 1 aliphatic rings. The fraction of sp³-hybridized carbons (Fsp3) is 0.667. The van der Waals surface area contributed by atoms with Crippen LogP contribution in [0.4, 0.5) is 0 Å². The molecule has 0 bridgehead atoms. The first-order valence-electron chi connectivity index (χ1n) is 8.40. The van der Waals surface area contributed by atoms with Crippen LogP contribution in [0.25, 0.3) is 0 Å². The number of nitrogens with one attached hydrogen (secondary N) is 1. The van der Waals surface area contributed by atoms with Gasteiger partial charge in [0.05, 0.1) is 0 Å². The molecule has 0 aliphatic carbocycles. The number of hydrogen-bond donors (Lipinski definition) is 1. The highest BCUT2D eigenvalue weighted by Gasteiger charge is 2.12. The van der Waals surface area contributed by atoms with Gasteiger partial charge >= 0.3 is 0 Å². The van der Waals surface area contributed by atoms with Crippen LogP contribution in [0, 0.1) is 0 Å². The highest BCUT2D eigenvalue weighted by molar-refractivity contribution is 5.28. The van der Waals surface area contributed by atoms with Gasteiger partial charge in [0.25, 0.3) is 0 Å². The van der Waals surface area contributed by atoms with Crippen LogP contribution in [0.5, 0.6) is 0 Å². The van der Waals surface area contributed by atoms with Crippen molar-refractivity contribution >= 4 is 0 Å². The molecule has 0 saturated carbocycles. The summed E-state index contributed by atoms with van der Waals surface area (Å²) in [5, 5.41) is 3.40. The molecule has 0 fully saturated rings. The third-order valence-corrected chi connectivity index (χ3v) is 4.34. The highest BCUT2D eigenvalue weighted by Crippen LogP contribution is 2.15. The molecule has 1 aliphatic heterocycles. The van der Waals surface area contributed by atoms with Crippen molar-refractivity contribution in [3.8, 4) is 0 Å². The number of rotatable bonds is 8. The third-order valence-electron chi connectivity index (χ3n) is 4.34.